The minimum Gasteiger partial charge on any atom is -0.396 e. The molecule has 1 atom stereocenters. The van der Waals surface area contributed by atoms with Crippen LogP contribution in [-0.4, -0.2) is 48.4 Å². The smallest absolute Gasteiger partial charge is 0.127 e. The summed E-state index contributed by atoms with van der Waals surface area (Å²) in [6.45, 7) is 3.65. The van der Waals surface area contributed by atoms with Gasteiger partial charge in [0.25, 0.3) is 0 Å². The highest BCUT2D eigenvalue weighted by Crippen LogP contribution is 2.33. The molecule has 1 saturated heterocycles. The molecule has 5 heteroatoms. The number of nitrogens with two attached hydrogens (primary N) is 1. The summed E-state index contributed by atoms with van der Waals surface area (Å²) in [5, 5.41) is 9.79. The van der Waals surface area contributed by atoms with Crippen LogP contribution in [0.15, 0.2) is 18.3 Å². The highest BCUT2D eigenvalue weighted by Gasteiger charge is 2.34. The predicted octanol–water partition coefficient (Wildman–Crippen LogP) is 1.27. The summed E-state index contributed by atoms with van der Waals surface area (Å²) in [7, 11) is 1.71. The Bertz CT molecular complexity index is 427. The van der Waals surface area contributed by atoms with Crippen molar-refractivity contribution in [1.29, 1.82) is 0 Å². The number of hydrogen-bond donors (Lipinski definition) is 2. The number of aliphatic hydroxyl groups is 1. The molecule has 0 saturated carbocycles. The first kappa shape index (κ1) is 15.2. The van der Waals surface area contributed by atoms with Gasteiger partial charge in [-0.1, -0.05) is 6.07 Å². The zero-order valence-corrected chi connectivity index (χ0v) is 12.2. The van der Waals surface area contributed by atoms with Crippen LogP contribution in [0.25, 0.3) is 0 Å². The van der Waals surface area contributed by atoms with Crippen LogP contribution in [0.4, 0.5) is 5.82 Å². The van der Waals surface area contributed by atoms with Crippen LogP contribution in [0.3, 0.4) is 0 Å². The van der Waals surface area contributed by atoms with Crippen molar-refractivity contribution in [3.63, 3.8) is 0 Å². The molecular weight excluding hydrogens is 254 g/mol. The molecule has 0 unspecified atom stereocenters. The third-order valence-corrected chi connectivity index (χ3v) is 4.23. The van der Waals surface area contributed by atoms with Crippen molar-refractivity contribution in [2.75, 3.05) is 39.1 Å². The van der Waals surface area contributed by atoms with E-state index in [0.717, 1.165) is 44.5 Å². The number of aliphatic hydroxyl groups excluding tert-OH is 1. The molecule has 0 aliphatic carbocycles. The SMILES string of the molecule is COCC[C@@]1(CO)CCCN(Cc2cccnc2N)C1. The molecule has 112 valence electrons. The summed E-state index contributed by atoms with van der Waals surface area (Å²) >= 11 is 0. The molecule has 1 aromatic rings. The van der Waals surface area contributed by atoms with Gasteiger partial charge < -0.3 is 15.6 Å². The maximum Gasteiger partial charge on any atom is 0.127 e. The number of methoxy groups -OCH3 is 1. The van der Waals surface area contributed by atoms with Crippen molar-refractivity contribution in [3.8, 4) is 0 Å². The van der Waals surface area contributed by atoms with Crippen LogP contribution in [-0.2, 0) is 11.3 Å². The van der Waals surface area contributed by atoms with Crippen LogP contribution in [0, 0.1) is 5.41 Å². The van der Waals surface area contributed by atoms with Crippen molar-refractivity contribution < 1.29 is 9.84 Å². The van der Waals surface area contributed by atoms with Crippen molar-refractivity contribution in [2.45, 2.75) is 25.8 Å². The van der Waals surface area contributed by atoms with Crippen molar-refractivity contribution in [3.05, 3.63) is 23.9 Å². The van der Waals surface area contributed by atoms with Gasteiger partial charge in [-0.15, -0.1) is 0 Å². The number of nitrogen functional groups attached to an aromatic ring is 1. The van der Waals surface area contributed by atoms with Gasteiger partial charge in [-0.05, 0) is 31.9 Å². The Balaban J connectivity index is 2.01. The number of hydrogen-bond acceptors (Lipinski definition) is 5. The number of anilines is 1. The number of pyridine rings is 1. The minimum atomic E-state index is -0.0365. The van der Waals surface area contributed by atoms with Crippen molar-refractivity contribution in [2.24, 2.45) is 5.41 Å². The largest absolute Gasteiger partial charge is 0.396 e. The molecule has 3 N–H and O–H groups in total. The molecule has 1 fully saturated rings. The number of nitrogens with zero attached hydrogens (tertiary/aromatic N) is 2. The molecule has 5 nitrogen and oxygen atoms in total. The fraction of sp³-hybridized carbons (Fsp3) is 0.667. The predicted molar refractivity (Wildman–Crippen MR) is 79.2 cm³/mol. The van der Waals surface area contributed by atoms with E-state index in [9.17, 15) is 5.11 Å². The highest BCUT2D eigenvalue weighted by atomic mass is 16.5. The summed E-state index contributed by atoms with van der Waals surface area (Å²) in [5.74, 6) is 0.601. The number of likely N-dealkylation sites (tertiary alicyclic amines) is 1. The van der Waals surface area contributed by atoms with Crippen LogP contribution in [0.5, 0.6) is 0 Å². The van der Waals surface area contributed by atoms with E-state index >= 15 is 0 Å². The fourth-order valence-corrected chi connectivity index (χ4v) is 3.00. The Morgan fingerprint density at radius 3 is 3.10 bits per heavy atom. The lowest BCUT2D eigenvalue weighted by Gasteiger charge is -2.42. The fourth-order valence-electron chi connectivity index (χ4n) is 3.00. The summed E-state index contributed by atoms with van der Waals surface area (Å²) < 4.78 is 5.18. The molecular formula is C15H25N3O2. The van der Waals surface area contributed by atoms with Gasteiger partial charge in [-0.2, -0.15) is 0 Å². The van der Waals surface area contributed by atoms with Crippen LogP contribution >= 0.6 is 0 Å². The van der Waals surface area contributed by atoms with E-state index in [2.05, 4.69) is 9.88 Å². The quantitative estimate of drug-likeness (QED) is 0.820. The molecule has 20 heavy (non-hydrogen) atoms. The maximum atomic E-state index is 9.79. The van der Waals surface area contributed by atoms with Gasteiger partial charge in [-0.25, -0.2) is 4.98 Å². The second kappa shape index (κ2) is 7.02. The summed E-state index contributed by atoms with van der Waals surface area (Å²) in [5.41, 5.74) is 6.94. The van der Waals surface area contributed by atoms with Crippen molar-refractivity contribution >= 4 is 5.82 Å². The van der Waals surface area contributed by atoms with Gasteiger partial charge >= 0.3 is 0 Å². The number of ether oxygens (including phenoxy) is 1. The topological polar surface area (TPSA) is 71.6 Å². The Labute approximate surface area is 120 Å². The molecule has 1 aromatic heterocycles. The molecule has 0 radical (unpaired) electrons. The Morgan fingerprint density at radius 1 is 1.55 bits per heavy atom. The van der Waals surface area contributed by atoms with Gasteiger partial charge in [0.2, 0.25) is 0 Å². The molecule has 0 spiro atoms. The van der Waals surface area contributed by atoms with Crippen LogP contribution in [0.2, 0.25) is 0 Å². The highest BCUT2D eigenvalue weighted by molar-refractivity contribution is 5.38. The Morgan fingerprint density at radius 2 is 2.40 bits per heavy atom. The average Bonchev–Trinajstić information content (AvgIpc) is 2.48. The Hall–Kier alpha value is -1.17. The number of aromatic nitrogens is 1. The molecule has 0 aromatic carbocycles. The number of piperidine rings is 1. The molecule has 1 aliphatic heterocycles. The molecule has 1 aliphatic rings. The first-order valence-corrected chi connectivity index (χ1v) is 7.21. The normalized spacial score (nSPS) is 23.9. The van der Waals surface area contributed by atoms with E-state index in [4.69, 9.17) is 10.5 Å². The van der Waals surface area contributed by atoms with Crippen LogP contribution < -0.4 is 5.73 Å². The summed E-state index contributed by atoms with van der Waals surface area (Å²) in [4.78, 5) is 6.50. The van der Waals surface area contributed by atoms with Gasteiger partial charge in [0, 0.05) is 44.0 Å². The van der Waals surface area contributed by atoms with Gasteiger partial charge in [0.1, 0.15) is 5.82 Å². The lowest BCUT2D eigenvalue weighted by atomic mass is 9.78. The second-order valence-electron chi connectivity index (χ2n) is 5.76. The standard InChI is InChI=1S/C15H25N3O2/c1-20-9-6-15(12-19)5-3-8-18(11-15)10-13-4-2-7-17-14(13)16/h2,4,7,19H,3,5-6,8-12H2,1H3,(H2,16,17)/t15-/m0/s1. The van der Waals surface area contributed by atoms with E-state index in [1.54, 1.807) is 13.3 Å². The molecule has 0 amide bonds. The molecule has 2 rings (SSSR count). The van der Waals surface area contributed by atoms with Gasteiger partial charge in [-0.3, -0.25) is 4.90 Å². The van der Waals surface area contributed by atoms with E-state index in [1.807, 2.05) is 12.1 Å². The maximum absolute atomic E-state index is 9.79. The van der Waals surface area contributed by atoms with E-state index in [1.165, 1.54) is 0 Å². The zero-order valence-electron chi connectivity index (χ0n) is 12.2. The van der Waals surface area contributed by atoms with Crippen LogP contribution in [0.1, 0.15) is 24.8 Å². The summed E-state index contributed by atoms with van der Waals surface area (Å²) in [6.07, 6.45) is 4.78. The lowest BCUT2D eigenvalue weighted by Crippen LogP contribution is -2.45. The molecule has 0 bridgehead atoms. The van der Waals surface area contributed by atoms with Crippen molar-refractivity contribution in [1.82, 2.24) is 9.88 Å². The van der Waals surface area contributed by atoms with E-state index < -0.39 is 0 Å². The average molecular weight is 279 g/mol. The van der Waals surface area contributed by atoms with E-state index in [-0.39, 0.29) is 12.0 Å². The molecule has 2 heterocycles. The van der Waals surface area contributed by atoms with Gasteiger partial charge in [0.05, 0.1) is 6.61 Å². The lowest BCUT2D eigenvalue weighted by molar-refractivity contribution is 0.00480. The van der Waals surface area contributed by atoms with Gasteiger partial charge in [0.15, 0.2) is 0 Å². The second-order valence-corrected chi connectivity index (χ2v) is 5.76. The zero-order chi connectivity index (χ0) is 14.4. The monoisotopic (exact) mass is 279 g/mol. The summed E-state index contributed by atoms with van der Waals surface area (Å²) in [6, 6.07) is 3.94. The minimum absolute atomic E-state index is 0.0365. The third-order valence-electron chi connectivity index (χ3n) is 4.23. The Kier molecular flexibility index (Phi) is 5.34. The van der Waals surface area contributed by atoms with E-state index in [0.29, 0.717) is 12.4 Å². The first-order valence-electron chi connectivity index (χ1n) is 7.21. The first-order chi connectivity index (χ1) is 9.69. The number of rotatable bonds is 6. The third kappa shape index (κ3) is 3.69.